The average Bonchev–Trinajstić information content (AvgIpc) is 3.42. The van der Waals surface area contributed by atoms with Gasteiger partial charge in [-0.3, -0.25) is 4.79 Å². The minimum absolute atomic E-state index is 0.00387. The van der Waals surface area contributed by atoms with Gasteiger partial charge in [-0.05, 0) is 48.8 Å². The molecule has 2 N–H and O–H groups in total. The van der Waals surface area contributed by atoms with Gasteiger partial charge in [0.25, 0.3) is 0 Å². The monoisotopic (exact) mass is 521 g/mol. The van der Waals surface area contributed by atoms with E-state index >= 15 is 4.39 Å². The van der Waals surface area contributed by atoms with Crippen molar-refractivity contribution in [3.05, 3.63) is 77.6 Å². The number of benzene rings is 2. The van der Waals surface area contributed by atoms with E-state index in [4.69, 9.17) is 0 Å². The normalized spacial score (nSPS) is 18.7. The molecule has 0 saturated heterocycles. The zero-order valence-electron chi connectivity index (χ0n) is 21.8. The Labute approximate surface area is 223 Å². The largest absolute Gasteiger partial charge is 0.395 e. The molecule has 1 heterocycles. The van der Waals surface area contributed by atoms with E-state index < -0.39 is 23.6 Å². The summed E-state index contributed by atoms with van der Waals surface area (Å²) in [4.78, 5) is 18.4. The van der Waals surface area contributed by atoms with Crippen LogP contribution < -0.4 is 5.32 Å². The summed E-state index contributed by atoms with van der Waals surface area (Å²) in [6.45, 7) is -0.281. The van der Waals surface area contributed by atoms with E-state index in [1.807, 2.05) is 30.3 Å². The van der Waals surface area contributed by atoms with Crippen molar-refractivity contribution in [2.75, 3.05) is 6.61 Å². The SMILES string of the molecule is O=C(NC1CCCCC1)C(C1CCCCC1)n1ccnc1-c1c(C(CO)c2ccccc2)ccc(F)c1F. The predicted octanol–water partition coefficient (Wildman–Crippen LogP) is 6.52. The lowest BCUT2D eigenvalue weighted by Crippen LogP contribution is -2.43. The molecule has 3 aromatic rings. The number of rotatable bonds is 8. The first-order valence-electron chi connectivity index (χ1n) is 14.1. The smallest absolute Gasteiger partial charge is 0.243 e. The Kier molecular flexibility index (Phi) is 8.52. The average molecular weight is 522 g/mol. The number of aliphatic hydroxyl groups is 1. The van der Waals surface area contributed by atoms with Gasteiger partial charge in [0.15, 0.2) is 11.6 Å². The summed E-state index contributed by atoms with van der Waals surface area (Å²) >= 11 is 0. The summed E-state index contributed by atoms with van der Waals surface area (Å²) in [6, 6.07) is 11.5. The maximum absolute atomic E-state index is 15.7. The third-order valence-corrected chi connectivity index (χ3v) is 8.40. The maximum Gasteiger partial charge on any atom is 0.243 e. The van der Waals surface area contributed by atoms with Crippen LogP contribution in [0, 0.1) is 17.6 Å². The number of hydrogen-bond acceptors (Lipinski definition) is 3. The van der Waals surface area contributed by atoms with Crippen LogP contribution in [0.3, 0.4) is 0 Å². The lowest BCUT2D eigenvalue weighted by Gasteiger charge is -2.33. The highest BCUT2D eigenvalue weighted by Gasteiger charge is 2.35. The number of carbonyl (C=O) groups is 1. The van der Waals surface area contributed by atoms with E-state index in [1.165, 1.54) is 12.5 Å². The van der Waals surface area contributed by atoms with Gasteiger partial charge in [0.05, 0.1) is 12.2 Å². The quantitative estimate of drug-likeness (QED) is 0.355. The molecule has 0 bridgehead atoms. The van der Waals surface area contributed by atoms with Gasteiger partial charge >= 0.3 is 0 Å². The molecule has 5 rings (SSSR count). The molecule has 5 nitrogen and oxygen atoms in total. The second-order valence-electron chi connectivity index (χ2n) is 10.8. The van der Waals surface area contributed by atoms with Crippen molar-refractivity contribution >= 4 is 5.91 Å². The first-order chi connectivity index (χ1) is 18.6. The molecular weight excluding hydrogens is 484 g/mol. The molecule has 2 aliphatic carbocycles. The predicted molar refractivity (Wildman–Crippen MR) is 144 cm³/mol. The van der Waals surface area contributed by atoms with Gasteiger partial charge in [0.2, 0.25) is 5.91 Å². The number of hydrogen-bond donors (Lipinski definition) is 2. The van der Waals surface area contributed by atoms with Gasteiger partial charge < -0.3 is 15.0 Å². The zero-order chi connectivity index (χ0) is 26.5. The van der Waals surface area contributed by atoms with E-state index in [1.54, 1.807) is 17.0 Å². The molecule has 38 heavy (non-hydrogen) atoms. The molecule has 7 heteroatoms. The van der Waals surface area contributed by atoms with Crippen LogP contribution in [0.15, 0.2) is 54.9 Å². The van der Waals surface area contributed by atoms with Crippen LogP contribution >= 0.6 is 0 Å². The first kappa shape index (κ1) is 26.5. The molecule has 0 radical (unpaired) electrons. The molecule has 2 atom stereocenters. The molecule has 1 amide bonds. The van der Waals surface area contributed by atoms with Crippen molar-refractivity contribution < 1.29 is 18.7 Å². The Morgan fingerprint density at radius 2 is 1.66 bits per heavy atom. The fourth-order valence-electron chi connectivity index (χ4n) is 6.43. The Hall–Kier alpha value is -3.06. The number of amides is 1. The zero-order valence-corrected chi connectivity index (χ0v) is 21.8. The lowest BCUT2D eigenvalue weighted by atomic mass is 9.82. The van der Waals surface area contributed by atoms with E-state index in [-0.39, 0.29) is 35.9 Å². The summed E-state index contributed by atoms with van der Waals surface area (Å²) in [6.07, 6.45) is 13.7. The molecule has 2 saturated carbocycles. The van der Waals surface area contributed by atoms with Crippen molar-refractivity contribution in [1.29, 1.82) is 0 Å². The van der Waals surface area contributed by atoms with Gasteiger partial charge in [0.1, 0.15) is 11.9 Å². The summed E-state index contributed by atoms with van der Waals surface area (Å²) in [5.41, 5.74) is 1.24. The number of carbonyl (C=O) groups excluding carboxylic acids is 1. The molecule has 1 aromatic heterocycles. The molecule has 2 aliphatic rings. The van der Waals surface area contributed by atoms with E-state index in [9.17, 15) is 14.3 Å². The molecule has 0 spiro atoms. The molecule has 2 fully saturated rings. The van der Waals surface area contributed by atoms with Gasteiger partial charge in [0, 0.05) is 24.4 Å². The van der Waals surface area contributed by atoms with Crippen LogP contribution in [-0.2, 0) is 4.79 Å². The van der Waals surface area contributed by atoms with Crippen LogP contribution in [0.25, 0.3) is 11.4 Å². The fraction of sp³-hybridized carbons (Fsp3) is 0.484. The van der Waals surface area contributed by atoms with Gasteiger partial charge in [-0.25, -0.2) is 13.8 Å². The molecule has 2 unspecified atom stereocenters. The van der Waals surface area contributed by atoms with Crippen molar-refractivity contribution in [3.8, 4) is 11.4 Å². The highest BCUT2D eigenvalue weighted by atomic mass is 19.2. The van der Waals surface area contributed by atoms with Crippen molar-refractivity contribution in [2.45, 2.75) is 82.2 Å². The second kappa shape index (κ2) is 12.2. The fourth-order valence-corrected chi connectivity index (χ4v) is 6.43. The second-order valence-corrected chi connectivity index (χ2v) is 10.8. The van der Waals surface area contributed by atoms with Gasteiger partial charge in [-0.1, -0.05) is 74.9 Å². The number of nitrogens with one attached hydrogen (secondary N) is 1. The van der Waals surface area contributed by atoms with Crippen molar-refractivity contribution in [2.24, 2.45) is 5.92 Å². The Bertz CT molecular complexity index is 1220. The van der Waals surface area contributed by atoms with Crippen molar-refractivity contribution in [1.82, 2.24) is 14.9 Å². The van der Waals surface area contributed by atoms with Crippen LogP contribution in [0.4, 0.5) is 8.78 Å². The first-order valence-corrected chi connectivity index (χ1v) is 14.1. The van der Waals surface area contributed by atoms with Gasteiger partial charge in [-0.2, -0.15) is 0 Å². The topological polar surface area (TPSA) is 67.2 Å². The summed E-state index contributed by atoms with van der Waals surface area (Å²) < 4.78 is 32.2. The van der Waals surface area contributed by atoms with Crippen molar-refractivity contribution in [3.63, 3.8) is 0 Å². The third kappa shape index (κ3) is 5.53. The minimum Gasteiger partial charge on any atom is -0.395 e. The Balaban J connectivity index is 1.59. The van der Waals surface area contributed by atoms with Crippen LogP contribution in [0.2, 0.25) is 0 Å². The van der Waals surface area contributed by atoms with Crippen LogP contribution in [-0.4, -0.2) is 33.2 Å². The lowest BCUT2D eigenvalue weighted by molar-refractivity contribution is -0.127. The Morgan fingerprint density at radius 3 is 2.34 bits per heavy atom. The molecule has 0 aliphatic heterocycles. The molecule has 202 valence electrons. The molecular formula is C31H37F2N3O2. The summed E-state index contributed by atoms with van der Waals surface area (Å²) in [7, 11) is 0. The van der Waals surface area contributed by atoms with Crippen LogP contribution in [0.5, 0.6) is 0 Å². The third-order valence-electron chi connectivity index (χ3n) is 8.40. The number of imidazole rings is 1. The number of halogens is 2. The molecule has 2 aromatic carbocycles. The highest BCUT2D eigenvalue weighted by molar-refractivity contribution is 5.82. The Morgan fingerprint density at radius 1 is 0.974 bits per heavy atom. The number of aromatic nitrogens is 2. The number of nitrogens with zero attached hydrogens (tertiary/aromatic N) is 2. The van der Waals surface area contributed by atoms with E-state index in [0.29, 0.717) is 5.56 Å². The summed E-state index contributed by atoms with van der Waals surface area (Å²) in [5.74, 6) is -2.33. The minimum atomic E-state index is -1.01. The van der Waals surface area contributed by atoms with E-state index in [2.05, 4.69) is 10.3 Å². The van der Waals surface area contributed by atoms with E-state index in [0.717, 1.165) is 69.4 Å². The number of aliphatic hydroxyl groups excluding tert-OH is 1. The standard InChI is InChI=1S/C31H37F2N3O2/c32-26-17-16-24(25(20-37)21-10-4-1-5-11-21)27(28(26)33)30-34-18-19-36(30)29(22-12-6-2-7-13-22)31(38)35-23-14-8-3-9-15-23/h1,4-5,10-11,16-19,22-23,25,29,37H,2-3,6-9,12-15,20H2,(H,35,38). The maximum atomic E-state index is 15.7. The van der Waals surface area contributed by atoms with Crippen LogP contribution in [0.1, 0.15) is 87.3 Å². The summed E-state index contributed by atoms with van der Waals surface area (Å²) in [5, 5.41) is 13.6. The van der Waals surface area contributed by atoms with Gasteiger partial charge in [-0.15, -0.1) is 0 Å². The highest BCUT2D eigenvalue weighted by Crippen LogP contribution is 2.40.